The van der Waals surface area contributed by atoms with E-state index in [4.69, 9.17) is 4.74 Å². The fraction of sp³-hybridized carbons (Fsp3) is 0.529. The topological polar surface area (TPSA) is 58.6 Å². The van der Waals surface area contributed by atoms with Crippen molar-refractivity contribution in [3.8, 4) is 5.75 Å². The van der Waals surface area contributed by atoms with Gasteiger partial charge >= 0.3 is 0 Å². The number of benzene rings is 1. The minimum atomic E-state index is -0.131. The lowest BCUT2D eigenvalue weighted by Crippen LogP contribution is -2.43. The first-order chi connectivity index (χ1) is 10.5. The molecule has 1 fully saturated rings. The molecule has 22 heavy (non-hydrogen) atoms. The van der Waals surface area contributed by atoms with E-state index in [0.717, 1.165) is 37.1 Å². The van der Waals surface area contributed by atoms with E-state index >= 15 is 0 Å². The molecule has 0 radical (unpaired) electrons. The van der Waals surface area contributed by atoms with Crippen LogP contribution in [0.1, 0.15) is 42.1 Å². The third-order valence-corrected chi connectivity index (χ3v) is 4.14. The molecule has 5 heteroatoms. The maximum absolute atomic E-state index is 12.1. The molecule has 1 aliphatic heterocycles. The summed E-state index contributed by atoms with van der Waals surface area (Å²) in [4.78, 5) is 25.7. The molecule has 1 amide bonds. The molecule has 1 atom stereocenters. The highest BCUT2D eigenvalue weighted by molar-refractivity contribution is 5.94. The summed E-state index contributed by atoms with van der Waals surface area (Å²) in [6.07, 6.45) is 2.93. The second kappa shape index (κ2) is 7.40. The van der Waals surface area contributed by atoms with E-state index in [2.05, 4.69) is 5.32 Å². The van der Waals surface area contributed by atoms with Crippen LogP contribution in [0.5, 0.6) is 5.75 Å². The number of likely N-dealkylation sites (N-methyl/N-ethyl adjacent to an activating group) is 1. The number of ketones is 1. The number of Topliss-reactive ketones (excluding diaryl/α,β-unsaturated/α-hetero) is 1. The molecule has 1 saturated heterocycles. The Balaban J connectivity index is 2.18. The zero-order chi connectivity index (χ0) is 16.1. The maximum Gasteiger partial charge on any atom is 0.237 e. The maximum atomic E-state index is 12.1. The highest BCUT2D eigenvalue weighted by atomic mass is 16.5. The molecule has 0 bridgehead atoms. The third kappa shape index (κ3) is 3.85. The molecule has 5 nitrogen and oxygen atoms in total. The van der Waals surface area contributed by atoms with Gasteiger partial charge in [0.2, 0.25) is 5.91 Å². The monoisotopic (exact) mass is 304 g/mol. The van der Waals surface area contributed by atoms with Crippen molar-refractivity contribution in [3.05, 3.63) is 29.3 Å². The Hall–Kier alpha value is -1.88. The van der Waals surface area contributed by atoms with Crippen LogP contribution in [0.4, 0.5) is 0 Å². The van der Waals surface area contributed by atoms with E-state index in [0.29, 0.717) is 12.1 Å². The largest absolute Gasteiger partial charge is 0.496 e. The van der Waals surface area contributed by atoms with Crippen molar-refractivity contribution in [1.82, 2.24) is 10.2 Å². The first-order valence-electron chi connectivity index (χ1n) is 7.68. The number of methoxy groups -OCH3 is 1. The Morgan fingerprint density at radius 3 is 2.86 bits per heavy atom. The molecule has 120 valence electrons. The quantitative estimate of drug-likeness (QED) is 0.845. The number of ether oxygens (including phenoxy) is 1. The summed E-state index contributed by atoms with van der Waals surface area (Å²) in [5, 5.41) is 2.95. The van der Waals surface area contributed by atoms with E-state index < -0.39 is 0 Å². The van der Waals surface area contributed by atoms with Crippen LogP contribution in [0.2, 0.25) is 0 Å². The van der Waals surface area contributed by atoms with Gasteiger partial charge in [-0.25, -0.2) is 0 Å². The molecular formula is C17H24N2O3. The molecule has 1 aromatic carbocycles. The van der Waals surface area contributed by atoms with Gasteiger partial charge in [0.1, 0.15) is 5.75 Å². The molecular weight excluding hydrogens is 280 g/mol. The number of nitrogens with one attached hydrogen (secondary N) is 1. The van der Waals surface area contributed by atoms with E-state index in [1.54, 1.807) is 20.1 Å². The summed E-state index contributed by atoms with van der Waals surface area (Å²) in [5.41, 5.74) is 1.59. The van der Waals surface area contributed by atoms with Crippen LogP contribution in [0.3, 0.4) is 0 Å². The summed E-state index contributed by atoms with van der Waals surface area (Å²) in [6.45, 7) is 2.88. The fourth-order valence-corrected chi connectivity index (χ4v) is 2.84. The predicted octanol–water partition coefficient (Wildman–Crippen LogP) is 2.00. The zero-order valence-electron chi connectivity index (χ0n) is 13.5. The lowest BCUT2D eigenvalue weighted by molar-refractivity contribution is -0.125. The van der Waals surface area contributed by atoms with Gasteiger partial charge in [0, 0.05) is 24.2 Å². The van der Waals surface area contributed by atoms with E-state index in [-0.39, 0.29) is 17.7 Å². The average molecular weight is 304 g/mol. The van der Waals surface area contributed by atoms with E-state index in [9.17, 15) is 9.59 Å². The molecule has 1 aliphatic rings. The molecule has 0 saturated carbocycles. The summed E-state index contributed by atoms with van der Waals surface area (Å²) in [7, 11) is 3.56. The van der Waals surface area contributed by atoms with Crippen LogP contribution < -0.4 is 10.1 Å². The van der Waals surface area contributed by atoms with Crippen molar-refractivity contribution in [2.24, 2.45) is 0 Å². The number of hydrogen-bond acceptors (Lipinski definition) is 4. The van der Waals surface area contributed by atoms with Crippen LogP contribution in [0.15, 0.2) is 18.2 Å². The van der Waals surface area contributed by atoms with Gasteiger partial charge in [-0.1, -0.05) is 0 Å². The minimum absolute atomic E-state index is 0.0266. The Labute approximate surface area is 131 Å². The van der Waals surface area contributed by atoms with E-state index in [1.807, 2.05) is 24.1 Å². The molecule has 1 aromatic rings. The second-order valence-corrected chi connectivity index (χ2v) is 5.80. The third-order valence-electron chi connectivity index (χ3n) is 4.14. The second-order valence-electron chi connectivity index (χ2n) is 5.80. The summed E-state index contributed by atoms with van der Waals surface area (Å²) in [5.74, 6) is 0.853. The van der Waals surface area contributed by atoms with Gasteiger partial charge in [-0.05, 0) is 51.4 Å². The predicted molar refractivity (Wildman–Crippen MR) is 85.1 cm³/mol. The smallest absolute Gasteiger partial charge is 0.237 e. The van der Waals surface area contributed by atoms with Crippen LogP contribution in [0.25, 0.3) is 0 Å². The summed E-state index contributed by atoms with van der Waals surface area (Å²) in [6, 6.07) is 5.30. The highest BCUT2D eigenvalue weighted by Crippen LogP contribution is 2.23. The summed E-state index contributed by atoms with van der Waals surface area (Å²) < 4.78 is 5.38. The highest BCUT2D eigenvalue weighted by Gasteiger charge is 2.25. The number of carbonyl (C=O) groups excluding carboxylic acids is 2. The number of rotatable bonds is 5. The molecule has 0 aliphatic carbocycles. The first-order valence-corrected chi connectivity index (χ1v) is 7.68. The Morgan fingerprint density at radius 1 is 1.41 bits per heavy atom. The average Bonchev–Trinajstić information content (AvgIpc) is 2.71. The normalized spacial score (nSPS) is 18.7. The van der Waals surface area contributed by atoms with Gasteiger partial charge in [0.05, 0.1) is 13.2 Å². The fourth-order valence-electron chi connectivity index (χ4n) is 2.84. The van der Waals surface area contributed by atoms with Crippen LogP contribution in [0, 0.1) is 0 Å². The number of amides is 1. The Kier molecular flexibility index (Phi) is 5.55. The van der Waals surface area contributed by atoms with Crippen molar-refractivity contribution < 1.29 is 14.3 Å². The minimum Gasteiger partial charge on any atom is -0.496 e. The molecule has 1 heterocycles. The van der Waals surface area contributed by atoms with Gasteiger partial charge in [0.15, 0.2) is 5.78 Å². The van der Waals surface area contributed by atoms with Crippen molar-refractivity contribution in [1.29, 1.82) is 0 Å². The zero-order valence-corrected chi connectivity index (χ0v) is 13.5. The lowest BCUT2D eigenvalue weighted by Gasteiger charge is -2.26. The standard InChI is InChI=1S/C17H24N2O3/c1-12(20)13-7-8-16(22-3)14(10-13)11-19(2)15-6-4-5-9-18-17(15)21/h7-8,10,15H,4-6,9,11H2,1-3H3,(H,18,21). The van der Waals surface area contributed by atoms with Crippen LogP contribution >= 0.6 is 0 Å². The van der Waals surface area contributed by atoms with Crippen molar-refractivity contribution in [3.63, 3.8) is 0 Å². The van der Waals surface area contributed by atoms with Gasteiger partial charge < -0.3 is 10.1 Å². The Morgan fingerprint density at radius 2 is 2.18 bits per heavy atom. The first kappa shape index (κ1) is 16.5. The summed E-state index contributed by atoms with van der Waals surface area (Å²) >= 11 is 0. The lowest BCUT2D eigenvalue weighted by atomic mass is 10.0. The van der Waals surface area contributed by atoms with Gasteiger partial charge in [-0.3, -0.25) is 14.5 Å². The van der Waals surface area contributed by atoms with Crippen molar-refractivity contribution >= 4 is 11.7 Å². The van der Waals surface area contributed by atoms with Crippen LogP contribution in [-0.4, -0.2) is 43.3 Å². The SMILES string of the molecule is COc1ccc(C(C)=O)cc1CN(C)C1CCCCNC1=O. The molecule has 0 spiro atoms. The van der Waals surface area contributed by atoms with E-state index in [1.165, 1.54) is 0 Å². The molecule has 0 aromatic heterocycles. The van der Waals surface area contributed by atoms with Crippen molar-refractivity contribution in [2.45, 2.75) is 38.8 Å². The van der Waals surface area contributed by atoms with Gasteiger partial charge in [-0.15, -0.1) is 0 Å². The molecule has 1 N–H and O–H groups in total. The van der Waals surface area contributed by atoms with Gasteiger partial charge in [0.25, 0.3) is 0 Å². The van der Waals surface area contributed by atoms with Crippen molar-refractivity contribution in [2.75, 3.05) is 20.7 Å². The van der Waals surface area contributed by atoms with Gasteiger partial charge in [-0.2, -0.15) is 0 Å². The molecule has 2 rings (SSSR count). The number of carbonyl (C=O) groups is 2. The number of nitrogens with zero attached hydrogens (tertiary/aromatic N) is 1. The van der Waals surface area contributed by atoms with Crippen LogP contribution in [-0.2, 0) is 11.3 Å². The number of hydrogen-bond donors (Lipinski definition) is 1. The Bertz CT molecular complexity index is 557. The molecule has 1 unspecified atom stereocenters.